The molecule has 0 aromatic heterocycles. The first-order valence-electron chi connectivity index (χ1n) is 26.0. The van der Waals surface area contributed by atoms with E-state index < -0.39 is 26.5 Å². The molecule has 0 aromatic carbocycles. The van der Waals surface area contributed by atoms with Crippen LogP contribution in [-0.2, 0) is 32.7 Å². The maximum absolute atomic E-state index is 12.7. The first kappa shape index (κ1) is 59.8. The summed E-state index contributed by atoms with van der Waals surface area (Å²) in [6, 6.07) is 0. The van der Waals surface area contributed by atoms with E-state index >= 15 is 0 Å². The number of carbonyl (C=O) groups is 2. The molecule has 0 aliphatic carbocycles. The zero-order chi connectivity index (χ0) is 44.8. The van der Waals surface area contributed by atoms with Crippen LogP contribution in [0.3, 0.4) is 0 Å². The second kappa shape index (κ2) is 46.7. The molecule has 0 aliphatic heterocycles. The Bertz CT molecular complexity index is 1020. The molecule has 0 spiro atoms. The smallest absolute Gasteiger partial charge is 0.462 e. The number of carbonyl (C=O) groups excluding carboxylic acids is 2. The van der Waals surface area contributed by atoms with Crippen LogP contribution in [0.15, 0.2) is 12.2 Å². The molecule has 10 heteroatoms. The normalized spacial score (nSPS) is 13.3. The highest BCUT2D eigenvalue weighted by molar-refractivity contribution is 7.47. The molecule has 0 bridgehead atoms. The minimum atomic E-state index is -4.36. The van der Waals surface area contributed by atoms with E-state index in [1.165, 1.54) is 193 Å². The highest BCUT2D eigenvalue weighted by Crippen LogP contribution is 2.43. The minimum absolute atomic E-state index is 0.0111. The van der Waals surface area contributed by atoms with E-state index in [4.69, 9.17) is 18.5 Å². The summed E-state index contributed by atoms with van der Waals surface area (Å²) in [4.78, 5) is 37.2. The van der Waals surface area contributed by atoms with Crippen molar-refractivity contribution in [2.75, 3.05) is 40.5 Å². The largest absolute Gasteiger partial charge is 0.472 e. The molecule has 0 heterocycles. The standard InChI is InChI=1S/C51H100NO8P/c1-5-7-9-11-13-15-17-19-21-23-24-25-26-28-29-31-33-35-37-39-41-43-50(53)57-47-49(48-59-61(55,56)58-46-45-52(3)4)60-51(54)44-42-40-38-36-34-32-30-27-22-20-18-16-14-12-10-8-6-2/h19,21,49H,5-18,20,22-48H2,1-4H3,(H,55,56)/b21-19-. The van der Waals surface area contributed by atoms with Crippen molar-refractivity contribution in [2.45, 2.75) is 264 Å². The Labute approximate surface area is 377 Å². The molecule has 362 valence electrons. The number of likely N-dealkylation sites (N-methyl/N-ethyl adjacent to an activating group) is 1. The SMILES string of the molecule is CCCCCCCC/C=C\CCCCCCCCCCCCCC(=O)OCC(COP(=O)(O)OCCN(C)C)OC(=O)CCCCCCCCCCCCCCCCCCC. The van der Waals surface area contributed by atoms with E-state index in [9.17, 15) is 19.0 Å². The average molecular weight is 886 g/mol. The van der Waals surface area contributed by atoms with Crippen LogP contribution in [0.25, 0.3) is 0 Å². The van der Waals surface area contributed by atoms with Crippen molar-refractivity contribution in [3.05, 3.63) is 12.2 Å². The lowest BCUT2D eigenvalue weighted by Gasteiger charge is -2.20. The van der Waals surface area contributed by atoms with Crippen LogP contribution < -0.4 is 0 Å². The van der Waals surface area contributed by atoms with Crippen LogP contribution in [0, 0.1) is 0 Å². The van der Waals surface area contributed by atoms with Gasteiger partial charge in [-0.2, -0.15) is 0 Å². The average Bonchev–Trinajstić information content (AvgIpc) is 3.23. The van der Waals surface area contributed by atoms with Gasteiger partial charge in [0.2, 0.25) is 0 Å². The number of phosphoric acid groups is 1. The molecule has 0 aliphatic rings. The number of ether oxygens (including phenoxy) is 2. The Kier molecular flexibility index (Phi) is 45.8. The third kappa shape index (κ3) is 48.1. The molecule has 2 unspecified atom stereocenters. The fraction of sp³-hybridized carbons (Fsp3) is 0.922. The van der Waals surface area contributed by atoms with Crippen molar-refractivity contribution < 1.29 is 37.6 Å². The lowest BCUT2D eigenvalue weighted by molar-refractivity contribution is -0.161. The van der Waals surface area contributed by atoms with E-state index in [-0.39, 0.29) is 25.6 Å². The molecular formula is C51H100NO8P. The number of nitrogens with zero attached hydrogens (tertiary/aromatic N) is 1. The number of unbranched alkanes of at least 4 members (excludes halogenated alkanes) is 33. The van der Waals surface area contributed by atoms with Gasteiger partial charge >= 0.3 is 19.8 Å². The van der Waals surface area contributed by atoms with Gasteiger partial charge in [0.25, 0.3) is 0 Å². The summed E-state index contributed by atoms with van der Waals surface area (Å²) >= 11 is 0. The van der Waals surface area contributed by atoms with Crippen LogP contribution in [0.5, 0.6) is 0 Å². The van der Waals surface area contributed by atoms with E-state index in [2.05, 4.69) is 26.0 Å². The van der Waals surface area contributed by atoms with Gasteiger partial charge in [0.1, 0.15) is 6.61 Å². The van der Waals surface area contributed by atoms with Crippen molar-refractivity contribution in [2.24, 2.45) is 0 Å². The van der Waals surface area contributed by atoms with Gasteiger partial charge in [-0.05, 0) is 52.6 Å². The van der Waals surface area contributed by atoms with Crippen molar-refractivity contribution >= 4 is 19.8 Å². The fourth-order valence-electron chi connectivity index (χ4n) is 7.57. The van der Waals surface area contributed by atoms with Gasteiger partial charge in [-0.1, -0.05) is 219 Å². The number of allylic oxidation sites excluding steroid dienone is 2. The lowest BCUT2D eigenvalue weighted by atomic mass is 10.0. The monoisotopic (exact) mass is 886 g/mol. The molecule has 0 rings (SSSR count). The summed E-state index contributed by atoms with van der Waals surface area (Å²) in [6.07, 6.45) is 49.7. The Morgan fingerprint density at radius 3 is 1.21 bits per heavy atom. The summed E-state index contributed by atoms with van der Waals surface area (Å²) in [5, 5.41) is 0. The van der Waals surface area contributed by atoms with Gasteiger partial charge in [-0.25, -0.2) is 4.57 Å². The van der Waals surface area contributed by atoms with Crippen LogP contribution in [0.2, 0.25) is 0 Å². The molecule has 0 fully saturated rings. The van der Waals surface area contributed by atoms with Crippen LogP contribution >= 0.6 is 7.82 Å². The van der Waals surface area contributed by atoms with Gasteiger partial charge in [-0.15, -0.1) is 0 Å². The van der Waals surface area contributed by atoms with Crippen LogP contribution in [-0.4, -0.2) is 68.3 Å². The zero-order valence-electron chi connectivity index (χ0n) is 40.6. The molecule has 9 nitrogen and oxygen atoms in total. The predicted molar refractivity (Wildman–Crippen MR) is 257 cm³/mol. The van der Waals surface area contributed by atoms with Gasteiger partial charge in [0.15, 0.2) is 6.10 Å². The fourth-order valence-corrected chi connectivity index (χ4v) is 8.31. The quantitative estimate of drug-likeness (QED) is 0.0276. The van der Waals surface area contributed by atoms with E-state index in [0.29, 0.717) is 19.4 Å². The number of hydrogen-bond donors (Lipinski definition) is 1. The van der Waals surface area contributed by atoms with Gasteiger partial charge in [0.05, 0.1) is 13.2 Å². The molecule has 0 amide bonds. The first-order valence-corrected chi connectivity index (χ1v) is 27.5. The molecule has 0 saturated carbocycles. The summed E-state index contributed by atoms with van der Waals surface area (Å²) in [7, 11) is -0.700. The van der Waals surface area contributed by atoms with Crippen molar-refractivity contribution in [3.63, 3.8) is 0 Å². The molecule has 0 aromatic rings. The van der Waals surface area contributed by atoms with Gasteiger partial charge in [-0.3, -0.25) is 18.6 Å². The summed E-state index contributed by atoms with van der Waals surface area (Å²) in [5.74, 6) is -0.786. The third-order valence-corrected chi connectivity index (χ3v) is 12.6. The minimum Gasteiger partial charge on any atom is -0.462 e. The second-order valence-corrected chi connectivity index (χ2v) is 19.5. The second-order valence-electron chi connectivity index (χ2n) is 18.1. The predicted octanol–water partition coefficient (Wildman–Crippen LogP) is 15.6. The Morgan fingerprint density at radius 1 is 0.492 bits per heavy atom. The molecule has 1 N–H and O–H groups in total. The maximum Gasteiger partial charge on any atom is 0.472 e. The molecule has 0 saturated heterocycles. The third-order valence-electron chi connectivity index (χ3n) is 11.6. The van der Waals surface area contributed by atoms with E-state index in [0.717, 1.165) is 32.1 Å². The first-order chi connectivity index (χ1) is 29.7. The van der Waals surface area contributed by atoms with Crippen LogP contribution in [0.1, 0.15) is 258 Å². The Hall–Kier alpha value is -1.25. The Balaban J connectivity index is 4.13. The highest BCUT2D eigenvalue weighted by atomic mass is 31.2. The maximum atomic E-state index is 12.7. The van der Waals surface area contributed by atoms with Crippen LogP contribution in [0.4, 0.5) is 0 Å². The van der Waals surface area contributed by atoms with Crippen molar-refractivity contribution in [1.82, 2.24) is 4.90 Å². The number of rotatable bonds is 49. The van der Waals surface area contributed by atoms with Gasteiger partial charge in [0, 0.05) is 19.4 Å². The molecular weight excluding hydrogens is 786 g/mol. The Morgan fingerprint density at radius 2 is 0.836 bits per heavy atom. The summed E-state index contributed by atoms with van der Waals surface area (Å²) in [6.45, 7) is 4.38. The van der Waals surface area contributed by atoms with Crippen molar-refractivity contribution in [1.29, 1.82) is 0 Å². The number of esters is 2. The molecule has 2 atom stereocenters. The topological polar surface area (TPSA) is 112 Å². The van der Waals surface area contributed by atoms with Crippen molar-refractivity contribution in [3.8, 4) is 0 Å². The summed E-state index contributed by atoms with van der Waals surface area (Å²) < 4.78 is 33.6. The molecule has 61 heavy (non-hydrogen) atoms. The molecule has 0 radical (unpaired) electrons. The highest BCUT2D eigenvalue weighted by Gasteiger charge is 2.26. The van der Waals surface area contributed by atoms with E-state index in [1.807, 2.05) is 19.0 Å². The number of hydrogen-bond acceptors (Lipinski definition) is 8. The van der Waals surface area contributed by atoms with E-state index in [1.54, 1.807) is 0 Å². The van der Waals surface area contributed by atoms with Gasteiger partial charge < -0.3 is 19.3 Å². The number of phosphoric ester groups is 1. The zero-order valence-corrected chi connectivity index (χ0v) is 41.5. The summed E-state index contributed by atoms with van der Waals surface area (Å²) in [5.41, 5.74) is 0. The lowest BCUT2D eigenvalue weighted by Crippen LogP contribution is -2.29.